The highest BCUT2D eigenvalue weighted by Crippen LogP contribution is 2.31. The fraction of sp³-hybridized carbons (Fsp3) is 0.889. The van der Waals surface area contributed by atoms with E-state index < -0.39 is 0 Å². The molecule has 0 heterocycles. The van der Waals surface area contributed by atoms with Gasteiger partial charge in [-0.25, -0.2) is 0 Å². The summed E-state index contributed by atoms with van der Waals surface area (Å²) in [6, 6.07) is 0.598. The van der Waals surface area contributed by atoms with Gasteiger partial charge >= 0.3 is 0 Å². The molecule has 0 aliphatic heterocycles. The highest BCUT2D eigenvalue weighted by molar-refractivity contribution is 5.17. The Morgan fingerprint density at radius 2 is 1.58 bits per heavy atom. The van der Waals surface area contributed by atoms with Crippen molar-refractivity contribution in [2.24, 2.45) is 17.8 Å². The van der Waals surface area contributed by atoms with Crippen LogP contribution in [-0.4, -0.2) is 12.6 Å². The van der Waals surface area contributed by atoms with Crippen LogP contribution in [0.4, 0.5) is 0 Å². The van der Waals surface area contributed by atoms with Gasteiger partial charge < -0.3 is 5.32 Å². The van der Waals surface area contributed by atoms with Crippen LogP contribution in [0, 0.1) is 17.8 Å². The molecule has 3 atom stereocenters. The molecule has 114 valence electrons. The van der Waals surface area contributed by atoms with Gasteiger partial charge in [-0.3, -0.25) is 0 Å². The van der Waals surface area contributed by atoms with Crippen molar-refractivity contribution in [1.29, 1.82) is 0 Å². The molecule has 0 aromatic rings. The van der Waals surface area contributed by atoms with E-state index in [0.717, 1.165) is 18.4 Å². The lowest BCUT2D eigenvalue weighted by molar-refractivity contribution is 0.410. The highest BCUT2D eigenvalue weighted by Gasteiger charge is 2.18. The molecule has 0 saturated heterocycles. The maximum absolute atomic E-state index is 3.53. The van der Waals surface area contributed by atoms with Gasteiger partial charge in [-0.2, -0.15) is 0 Å². The van der Waals surface area contributed by atoms with Gasteiger partial charge in [0.25, 0.3) is 0 Å². The van der Waals surface area contributed by atoms with Crippen LogP contribution in [0.5, 0.6) is 0 Å². The monoisotopic (exact) mass is 267 g/mol. The molecule has 0 fully saturated rings. The van der Waals surface area contributed by atoms with E-state index in [1.165, 1.54) is 19.3 Å². The van der Waals surface area contributed by atoms with Gasteiger partial charge in [-0.15, -0.1) is 0 Å². The van der Waals surface area contributed by atoms with E-state index in [1.54, 1.807) is 11.1 Å². The van der Waals surface area contributed by atoms with Gasteiger partial charge in [0.1, 0.15) is 0 Å². The minimum Gasteiger partial charge on any atom is -0.315 e. The third-order valence-electron chi connectivity index (χ3n) is 4.80. The van der Waals surface area contributed by atoms with Crippen LogP contribution in [0.3, 0.4) is 0 Å². The summed E-state index contributed by atoms with van der Waals surface area (Å²) in [5, 5.41) is 3.53. The molecule has 0 spiro atoms. The van der Waals surface area contributed by atoms with Crippen molar-refractivity contribution < 1.29 is 0 Å². The molecule has 0 rings (SSSR count). The molecule has 0 aliphatic carbocycles. The van der Waals surface area contributed by atoms with Crippen molar-refractivity contribution in [1.82, 2.24) is 5.32 Å². The summed E-state index contributed by atoms with van der Waals surface area (Å²) in [6.07, 6.45) is 3.74. The molecule has 0 aromatic carbocycles. The first-order valence-corrected chi connectivity index (χ1v) is 8.27. The molecule has 1 heteroatoms. The lowest BCUT2D eigenvalue weighted by Crippen LogP contribution is -2.25. The molecule has 0 radical (unpaired) electrons. The third-order valence-corrected chi connectivity index (χ3v) is 4.80. The molecule has 0 amide bonds. The van der Waals surface area contributed by atoms with Gasteiger partial charge in [-0.05, 0) is 44.1 Å². The van der Waals surface area contributed by atoms with E-state index in [-0.39, 0.29) is 0 Å². The van der Waals surface area contributed by atoms with Gasteiger partial charge in [-0.1, -0.05) is 66.0 Å². The molecule has 0 aliphatic rings. The molecule has 0 aromatic heterocycles. The Bertz CT molecular complexity index is 265. The summed E-state index contributed by atoms with van der Waals surface area (Å²) >= 11 is 0. The predicted molar refractivity (Wildman–Crippen MR) is 88.5 cm³/mol. The van der Waals surface area contributed by atoms with Crippen molar-refractivity contribution in [2.75, 3.05) is 6.54 Å². The predicted octanol–water partition coefficient (Wildman–Crippen LogP) is 5.42. The van der Waals surface area contributed by atoms with Crippen LogP contribution in [0.2, 0.25) is 0 Å². The fourth-order valence-electron chi connectivity index (χ4n) is 2.78. The number of hydrogen-bond donors (Lipinski definition) is 1. The van der Waals surface area contributed by atoms with Crippen molar-refractivity contribution in [3.05, 3.63) is 11.1 Å². The van der Waals surface area contributed by atoms with Gasteiger partial charge in [0.2, 0.25) is 0 Å². The fourth-order valence-corrected chi connectivity index (χ4v) is 2.78. The standard InChI is InChI=1S/C18H37N/c1-9-14(5)16(7)18(10-2)17(8)15(6)11-12-19-13(3)4/h13-16,19H,9-12H2,1-8H3/b18-17+/t14-,15?,16?/m1/s1. The van der Waals surface area contributed by atoms with Crippen molar-refractivity contribution in [2.45, 2.75) is 80.7 Å². The maximum atomic E-state index is 3.53. The first-order valence-electron chi connectivity index (χ1n) is 8.27. The molecule has 19 heavy (non-hydrogen) atoms. The van der Waals surface area contributed by atoms with Crippen molar-refractivity contribution in [3.8, 4) is 0 Å². The largest absolute Gasteiger partial charge is 0.315 e. The summed E-state index contributed by atoms with van der Waals surface area (Å²) in [5.74, 6) is 2.23. The zero-order valence-electron chi connectivity index (χ0n) is 14.6. The van der Waals surface area contributed by atoms with Gasteiger partial charge in [0.05, 0.1) is 0 Å². The van der Waals surface area contributed by atoms with Crippen LogP contribution in [0.25, 0.3) is 0 Å². The number of nitrogens with one attached hydrogen (secondary N) is 1. The topological polar surface area (TPSA) is 12.0 Å². The molecular formula is C18H37N. The minimum atomic E-state index is 0.598. The Morgan fingerprint density at radius 1 is 1.00 bits per heavy atom. The molecule has 0 bridgehead atoms. The average Bonchev–Trinajstić information content (AvgIpc) is 2.37. The Kier molecular flexibility index (Phi) is 9.43. The van der Waals surface area contributed by atoms with Crippen LogP contribution in [-0.2, 0) is 0 Å². The molecule has 1 N–H and O–H groups in total. The normalized spacial score (nSPS) is 18.2. The SMILES string of the molecule is CC/C(=C(/C)C(C)CCNC(C)C)C(C)[C@H](C)CC. The number of rotatable bonds is 9. The van der Waals surface area contributed by atoms with Gasteiger partial charge in [0.15, 0.2) is 0 Å². The summed E-state index contributed by atoms with van der Waals surface area (Å²) < 4.78 is 0. The average molecular weight is 268 g/mol. The van der Waals surface area contributed by atoms with Crippen molar-refractivity contribution >= 4 is 0 Å². The molecule has 0 saturated carbocycles. The first-order chi connectivity index (χ1) is 8.84. The molecular weight excluding hydrogens is 230 g/mol. The number of allylic oxidation sites excluding steroid dienone is 2. The molecule has 2 unspecified atom stereocenters. The molecule has 1 nitrogen and oxygen atoms in total. The van der Waals surface area contributed by atoms with Crippen LogP contribution < -0.4 is 5.32 Å². The summed E-state index contributed by atoms with van der Waals surface area (Å²) in [6.45, 7) is 19.7. The third kappa shape index (κ3) is 6.61. The Hall–Kier alpha value is -0.300. The second-order valence-corrected chi connectivity index (χ2v) is 6.53. The first kappa shape index (κ1) is 18.7. The van der Waals surface area contributed by atoms with E-state index in [0.29, 0.717) is 12.0 Å². The van der Waals surface area contributed by atoms with Crippen LogP contribution >= 0.6 is 0 Å². The zero-order chi connectivity index (χ0) is 15.0. The van der Waals surface area contributed by atoms with Crippen LogP contribution in [0.15, 0.2) is 11.1 Å². The summed E-state index contributed by atoms with van der Waals surface area (Å²) in [4.78, 5) is 0. The van der Waals surface area contributed by atoms with E-state index in [1.807, 2.05) is 0 Å². The Balaban J connectivity index is 4.66. The van der Waals surface area contributed by atoms with Crippen molar-refractivity contribution in [3.63, 3.8) is 0 Å². The quantitative estimate of drug-likeness (QED) is 0.550. The van der Waals surface area contributed by atoms with E-state index in [4.69, 9.17) is 0 Å². The zero-order valence-corrected chi connectivity index (χ0v) is 14.6. The number of hydrogen-bond acceptors (Lipinski definition) is 1. The Labute approximate surface area is 122 Å². The second kappa shape index (κ2) is 9.58. The van der Waals surface area contributed by atoms with E-state index >= 15 is 0 Å². The van der Waals surface area contributed by atoms with Crippen LogP contribution in [0.1, 0.15) is 74.7 Å². The van der Waals surface area contributed by atoms with Gasteiger partial charge in [0, 0.05) is 6.04 Å². The maximum Gasteiger partial charge on any atom is 0.00103 e. The highest BCUT2D eigenvalue weighted by atomic mass is 14.9. The van der Waals surface area contributed by atoms with E-state index in [9.17, 15) is 0 Å². The smallest absolute Gasteiger partial charge is 0.00103 e. The lowest BCUT2D eigenvalue weighted by atomic mass is 9.80. The van der Waals surface area contributed by atoms with E-state index in [2.05, 4.69) is 60.7 Å². The summed E-state index contributed by atoms with van der Waals surface area (Å²) in [5.41, 5.74) is 3.34. The lowest BCUT2D eigenvalue weighted by Gasteiger charge is -2.26. The second-order valence-electron chi connectivity index (χ2n) is 6.53. The minimum absolute atomic E-state index is 0.598. The Morgan fingerprint density at radius 3 is 2.00 bits per heavy atom. The summed E-state index contributed by atoms with van der Waals surface area (Å²) in [7, 11) is 0.